The molecule has 2 amide bonds. The Balaban J connectivity index is 1.63. The number of urea groups is 1. The summed E-state index contributed by atoms with van der Waals surface area (Å²) in [4.78, 5) is 17.9. The van der Waals surface area contributed by atoms with Gasteiger partial charge in [0.05, 0.1) is 6.20 Å². The third kappa shape index (κ3) is 3.87. The number of hydrogen-bond donors (Lipinski definition) is 1. The second-order valence-corrected chi connectivity index (χ2v) is 5.72. The van der Waals surface area contributed by atoms with Crippen LogP contribution in [0.3, 0.4) is 0 Å². The number of nitrogens with one attached hydrogen (secondary N) is 1. The number of ether oxygens (including phenoxy) is 1. The van der Waals surface area contributed by atoms with Crippen LogP contribution in [-0.4, -0.2) is 18.1 Å². The zero-order chi connectivity index (χ0) is 16.1. The minimum Gasteiger partial charge on any atom is -0.445 e. The lowest BCUT2D eigenvalue weighted by Gasteiger charge is -2.16. The van der Waals surface area contributed by atoms with Gasteiger partial charge in [0, 0.05) is 12.7 Å². The molecule has 0 aliphatic carbocycles. The second-order valence-electron chi connectivity index (χ2n) is 4.72. The molecule has 0 fully saturated rings. The molecule has 0 atom stereocenters. The third-order valence-electron chi connectivity index (χ3n) is 3.11. The van der Waals surface area contributed by atoms with Gasteiger partial charge in [0.25, 0.3) is 0 Å². The number of aromatic nitrogens is 1. The van der Waals surface area contributed by atoms with Crippen molar-refractivity contribution in [3.8, 4) is 10.8 Å². The maximum atomic E-state index is 12.2. The fourth-order valence-corrected chi connectivity index (χ4v) is 2.59. The van der Waals surface area contributed by atoms with Crippen LogP contribution < -0.4 is 15.0 Å². The predicted octanol–water partition coefficient (Wildman–Crippen LogP) is 4.60. The molecule has 0 aliphatic rings. The number of carbonyl (C=O) groups excluding carboxylic acids is 1. The molecule has 0 unspecified atom stereocenters. The van der Waals surface area contributed by atoms with Crippen molar-refractivity contribution in [1.82, 2.24) is 4.98 Å². The van der Waals surface area contributed by atoms with Crippen molar-refractivity contribution < 1.29 is 9.53 Å². The number of anilines is 2. The standard InChI is InChI=1S/C17H15N3O2S/c1-20(13-8-4-2-5-9-13)17(21)19-16-18-12-15(23-16)22-14-10-6-3-7-11-14/h2-12H,1H3,(H,18,19,21). The Morgan fingerprint density at radius 1 is 1.09 bits per heavy atom. The van der Waals surface area contributed by atoms with E-state index >= 15 is 0 Å². The topological polar surface area (TPSA) is 54.5 Å². The Kier molecular flexibility index (Phi) is 4.54. The molecule has 0 aliphatic heterocycles. The van der Waals surface area contributed by atoms with Gasteiger partial charge in [-0.2, -0.15) is 0 Å². The van der Waals surface area contributed by atoms with Crippen LogP contribution in [0.2, 0.25) is 0 Å². The Morgan fingerprint density at radius 3 is 2.43 bits per heavy atom. The molecule has 23 heavy (non-hydrogen) atoms. The lowest BCUT2D eigenvalue weighted by molar-refractivity contribution is 0.258. The van der Waals surface area contributed by atoms with E-state index in [-0.39, 0.29) is 6.03 Å². The molecule has 1 N–H and O–H groups in total. The fourth-order valence-electron chi connectivity index (χ4n) is 1.91. The number of hydrogen-bond acceptors (Lipinski definition) is 4. The molecule has 0 radical (unpaired) electrons. The summed E-state index contributed by atoms with van der Waals surface area (Å²) in [5.74, 6) is 0.732. The summed E-state index contributed by atoms with van der Waals surface area (Å²) in [6.45, 7) is 0. The van der Waals surface area contributed by atoms with Crippen molar-refractivity contribution >= 4 is 28.2 Å². The summed E-state index contributed by atoms with van der Waals surface area (Å²) in [6.07, 6.45) is 1.59. The summed E-state index contributed by atoms with van der Waals surface area (Å²) in [5.41, 5.74) is 0.808. The number of carbonyl (C=O) groups is 1. The van der Waals surface area contributed by atoms with Crippen molar-refractivity contribution in [2.45, 2.75) is 0 Å². The molecule has 1 heterocycles. The van der Waals surface area contributed by atoms with Gasteiger partial charge < -0.3 is 4.74 Å². The van der Waals surface area contributed by atoms with E-state index in [0.717, 1.165) is 11.4 Å². The number of amides is 2. The van der Waals surface area contributed by atoms with Crippen molar-refractivity contribution in [3.63, 3.8) is 0 Å². The smallest absolute Gasteiger partial charge is 0.327 e. The van der Waals surface area contributed by atoms with Crippen LogP contribution in [0, 0.1) is 0 Å². The Morgan fingerprint density at radius 2 is 1.74 bits per heavy atom. The van der Waals surface area contributed by atoms with E-state index in [1.807, 2.05) is 60.7 Å². The van der Waals surface area contributed by atoms with Crippen LogP contribution in [0.25, 0.3) is 0 Å². The minimum absolute atomic E-state index is 0.253. The highest BCUT2D eigenvalue weighted by atomic mass is 32.1. The third-order valence-corrected chi connectivity index (χ3v) is 3.90. The summed E-state index contributed by atoms with van der Waals surface area (Å²) < 4.78 is 5.68. The lowest BCUT2D eigenvalue weighted by Crippen LogP contribution is -2.30. The first-order valence-electron chi connectivity index (χ1n) is 7.01. The molecule has 0 saturated carbocycles. The van der Waals surface area contributed by atoms with Gasteiger partial charge in [-0.1, -0.05) is 47.7 Å². The first-order chi connectivity index (χ1) is 11.2. The molecule has 2 aromatic carbocycles. The van der Waals surface area contributed by atoms with E-state index in [1.165, 1.54) is 16.2 Å². The number of benzene rings is 2. The van der Waals surface area contributed by atoms with Gasteiger partial charge in [-0.25, -0.2) is 9.78 Å². The molecule has 3 rings (SSSR count). The highest BCUT2D eigenvalue weighted by Crippen LogP contribution is 2.30. The van der Waals surface area contributed by atoms with Crippen molar-refractivity contribution in [3.05, 3.63) is 66.9 Å². The largest absolute Gasteiger partial charge is 0.445 e. The molecule has 3 aromatic rings. The highest BCUT2D eigenvalue weighted by Gasteiger charge is 2.13. The van der Waals surface area contributed by atoms with Crippen molar-refractivity contribution in [1.29, 1.82) is 0 Å². The second kappa shape index (κ2) is 6.93. The maximum Gasteiger partial charge on any atom is 0.327 e. The SMILES string of the molecule is CN(C(=O)Nc1ncc(Oc2ccccc2)s1)c1ccccc1. The first-order valence-corrected chi connectivity index (χ1v) is 7.82. The maximum absolute atomic E-state index is 12.2. The summed E-state index contributed by atoms with van der Waals surface area (Å²) in [5, 5.41) is 3.87. The minimum atomic E-state index is -0.253. The summed E-state index contributed by atoms with van der Waals surface area (Å²) >= 11 is 1.28. The van der Waals surface area contributed by atoms with Crippen LogP contribution in [0.15, 0.2) is 66.9 Å². The van der Waals surface area contributed by atoms with Crippen LogP contribution in [-0.2, 0) is 0 Å². The quantitative estimate of drug-likeness (QED) is 0.762. The zero-order valence-electron chi connectivity index (χ0n) is 12.5. The van der Waals surface area contributed by atoms with Gasteiger partial charge in [-0.3, -0.25) is 10.2 Å². The van der Waals surface area contributed by atoms with E-state index in [4.69, 9.17) is 4.74 Å². The van der Waals surface area contributed by atoms with Gasteiger partial charge in [0.2, 0.25) is 5.06 Å². The molecule has 6 heteroatoms. The normalized spacial score (nSPS) is 10.1. The van der Waals surface area contributed by atoms with E-state index in [9.17, 15) is 4.79 Å². The number of para-hydroxylation sites is 2. The van der Waals surface area contributed by atoms with Crippen LogP contribution in [0.1, 0.15) is 0 Å². The zero-order valence-corrected chi connectivity index (χ0v) is 13.3. The molecular formula is C17H15N3O2S. The Hall–Kier alpha value is -2.86. The van der Waals surface area contributed by atoms with Crippen molar-refractivity contribution in [2.24, 2.45) is 0 Å². The summed E-state index contributed by atoms with van der Waals surface area (Å²) in [6, 6.07) is 18.6. The van der Waals surface area contributed by atoms with Gasteiger partial charge in [0.15, 0.2) is 5.13 Å². The highest BCUT2D eigenvalue weighted by molar-refractivity contribution is 7.17. The molecule has 0 bridgehead atoms. The van der Waals surface area contributed by atoms with Crippen LogP contribution >= 0.6 is 11.3 Å². The van der Waals surface area contributed by atoms with Crippen LogP contribution in [0.4, 0.5) is 15.6 Å². The predicted molar refractivity (Wildman–Crippen MR) is 92.5 cm³/mol. The lowest BCUT2D eigenvalue weighted by atomic mass is 10.3. The number of thiazole rings is 1. The summed E-state index contributed by atoms with van der Waals surface area (Å²) in [7, 11) is 1.71. The van der Waals surface area contributed by atoms with E-state index < -0.39 is 0 Å². The van der Waals surface area contributed by atoms with E-state index in [0.29, 0.717) is 10.2 Å². The van der Waals surface area contributed by atoms with Gasteiger partial charge >= 0.3 is 6.03 Å². The van der Waals surface area contributed by atoms with Gasteiger partial charge in [0.1, 0.15) is 5.75 Å². The fraction of sp³-hybridized carbons (Fsp3) is 0.0588. The Bertz CT molecular complexity index is 775. The Labute approximate surface area is 138 Å². The van der Waals surface area contributed by atoms with E-state index in [2.05, 4.69) is 10.3 Å². The monoisotopic (exact) mass is 325 g/mol. The molecule has 1 aromatic heterocycles. The molecule has 0 spiro atoms. The number of rotatable bonds is 4. The van der Waals surface area contributed by atoms with Crippen molar-refractivity contribution in [2.75, 3.05) is 17.3 Å². The van der Waals surface area contributed by atoms with E-state index in [1.54, 1.807) is 13.2 Å². The van der Waals surface area contributed by atoms with Gasteiger partial charge in [-0.05, 0) is 24.3 Å². The van der Waals surface area contributed by atoms with Crippen LogP contribution in [0.5, 0.6) is 10.8 Å². The average Bonchev–Trinajstić information content (AvgIpc) is 3.02. The molecule has 116 valence electrons. The number of nitrogens with zero attached hydrogens (tertiary/aromatic N) is 2. The molecule has 5 nitrogen and oxygen atoms in total. The molecule has 0 saturated heterocycles. The average molecular weight is 325 g/mol. The first kappa shape index (κ1) is 15.1. The van der Waals surface area contributed by atoms with Gasteiger partial charge in [-0.15, -0.1) is 0 Å². The molecular weight excluding hydrogens is 310 g/mol.